The highest BCUT2D eigenvalue weighted by Crippen LogP contribution is 2.52. The van der Waals surface area contributed by atoms with Crippen LogP contribution in [0.25, 0.3) is 0 Å². The summed E-state index contributed by atoms with van der Waals surface area (Å²) in [5, 5.41) is 3.16. The number of nitrogens with zero attached hydrogens (tertiary/aromatic N) is 1. The molecule has 1 heterocycles. The lowest BCUT2D eigenvalue weighted by atomic mass is 9.72. The van der Waals surface area contributed by atoms with Crippen LogP contribution >= 0.6 is 0 Å². The molecule has 1 atom stereocenters. The largest absolute Gasteiger partial charge is 0.353 e. The van der Waals surface area contributed by atoms with E-state index in [0.29, 0.717) is 30.2 Å². The van der Waals surface area contributed by atoms with Crippen molar-refractivity contribution in [2.45, 2.75) is 75.2 Å². The summed E-state index contributed by atoms with van der Waals surface area (Å²) in [6.07, 6.45) is 9.43. The Hall–Kier alpha value is -1.84. The van der Waals surface area contributed by atoms with E-state index >= 15 is 0 Å². The molecule has 1 aromatic rings. The van der Waals surface area contributed by atoms with Gasteiger partial charge in [0.15, 0.2) is 0 Å². The molecule has 2 saturated carbocycles. The average Bonchev–Trinajstić information content (AvgIpc) is 3.39. The van der Waals surface area contributed by atoms with Gasteiger partial charge in [0.1, 0.15) is 0 Å². The zero-order valence-corrected chi connectivity index (χ0v) is 16.1. The number of hydrogen-bond donors (Lipinski definition) is 1. The molecule has 27 heavy (non-hydrogen) atoms. The molecular weight excluding hydrogens is 336 g/mol. The summed E-state index contributed by atoms with van der Waals surface area (Å²) in [4.78, 5) is 27.2. The Morgan fingerprint density at radius 1 is 1.07 bits per heavy atom. The summed E-state index contributed by atoms with van der Waals surface area (Å²) in [7, 11) is 0. The molecule has 0 radical (unpaired) electrons. The van der Waals surface area contributed by atoms with Gasteiger partial charge in [-0.05, 0) is 67.4 Å². The van der Waals surface area contributed by atoms with Crippen LogP contribution in [0.2, 0.25) is 0 Å². The molecule has 1 unspecified atom stereocenters. The van der Waals surface area contributed by atoms with Crippen LogP contribution in [0.4, 0.5) is 0 Å². The van der Waals surface area contributed by atoms with E-state index in [9.17, 15) is 9.59 Å². The van der Waals surface area contributed by atoms with Crippen molar-refractivity contribution in [1.29, 1.82) is 0 Å². The predicted octanol–water partition coefficient (Wildman–Crippen LogP) is 3.50. The summed E-state index contributed by atoms with van der Waals surface area (Å²) < 4.78 is 0. The third-order valence-corrected chi connectivity index (χ3v) is 7.47. The molecule has 4 aliphatic rings. The number of fused-ring (bicyclic) bond motifs is 2. The van der Waals surface area contributed by atoms with E-state index in [2.05, 4.69) is 34.5 Å². The van der Waals surface area contributed by atoms with E-state index in [1.54, 1.807) is 0 Å². The van der Waals surface area contributed by atoms with E-state index < -0.39 is 0 Å². The fourth-order valence-corrected chi connectivity index (χ4v) is 5.49. The Bertz CT molecular complexity index is 743. The number of carbonyl (C=O) groups is 2. The normalized spacial score (nSPS) is 26.5. The quantitative estimate of drug-likeness (QED) is 0.887. The van der Waals surface area contributed by atoms with E-state index in [1.165, 1.54) is 17.5 Å². The summed E-state index contributed by atoms with van der Waals surface area (Å²) in [6, 6.07) is 9.18. The van der Waals surface area contributed by atoms with Gasteiger partial charge >= 0.3 is 0 Å². The first-order valence-corrected chi connectivity index (χ1v) is 10.8. The number of likely N-dealkylation sites (tertiary alicyclic amines) is 1. The van der Waals surface area contributed by atoms with Gasteiger partial charge in [-0.15, -0.1) is 0 Å². The molecule has 1 saturated heterocycles. The predicted molar refractivity (Wildman–Crippen MR) is 104 cm³/mol. The Morgan fingerprint density at radius 3 is 2.48 bits per heavy atom. The van der Waals surface area contributed by atoms with Crippen LogP contribution in [-0.2, 0) is 15.0 Å². The van der Waals surface area contributed by atoms with Crippen molar-refractivity contribution >= 4 is 11.8 Å². The Kier molecular flexibility index (Phi) is 4.25. The maximum Gasteiger partial charge on any atom is 0.225 e. The number of carbonyl (C=O) groups excluding carboxylic acids is 2. The molecule has 4 heteroatoms. The monoisotopic (exact) mass is 366 g/mol. The minimum Gasteiger partial charge on any atom is -0.353 e. The molecule has 5 rings (SSSR count). The highest BCUT2D eigenvalue weighted by Gasteiger charge is 2.46. The van der Waals surface area contributed by atoms with Gasteiger partial charge in [0.2, 0.25) is 11.8 Å². The maximum atomic E-state index is 12.6. The number of rotatable bonds is 4. The summed E-state index contributed by atoms with van der Waals surface area (Å²) in [5.41, 5.74) is 2.99. The lowest BCUT2D eigenvalue weighted by Crippen LogP contribution is -2.47. The lowest BCUT2D eigenvalue weighted by molar-refractivity contribution is -0.139. The van der Waals surface area contributed by atoms with Gasteiger partial charge in [-0.3, -0.25) is 9.59 Å². The molecule has 1 spiro atoms. The molecule has 144 valence electrons. The third kappa shape index (κ3) is 3.17. The smallest absolute Gasteiger partial charge is 0.225 e. The van der Waals surface area contributed by atoms with Gasteiger partial charge in [0.25, 0.3) is 0 Å². The van der Waals surface area contributed by atoms with E-state index in [0.717, 1.165) is 58.0 Å². The molecule has 0 aromatic heterocycles. The van der Waals surface area contributed by atoms with Gasteiger partial charge in [0, 0.05) is 31.5 Å². The minimum atomic E-state index is 0.164. The first-order valence-electron chi connectivity index (χ1n) is 10.8. The van der Waals surface area contributed by atoms with Crippen LogP contribution in [0.1, 0.15) is 74.8 Å². The zero-order chi connectivity index (χ0) is 18.4. The van der Waals surface area contributed by atoms with Crippen molar-refractivity contribution in [2.24, 2.45) is 5.92 Å². The number of benzene rings is 1. The summed E-state index contributed by atoms with van der Waals surface area (Å²) >= 11 is 0. The number of hydrogen-bond acceptors (Lipinski definition) is 2. The molecule has 1 aliphatic heterocycles. The third-order valence-electron chi connectivity index (χ3n) is 7.47. The fourth-order valence-electron chi connectivity index (χ4n) is 5.49. The van der Waals surface area contributed by atoms with Gasteiger partial charge in [-0.25, -0.2) is 0 Å². The van der Waals surface area contributed by atoms with Crippen LogP contribution < -0.4 is 5.32 Å². The molecule has 0 bridgehead atoms. The number of nitrogens with one attached hydrogen (secondary N) is 1. The van der Waals surface area contributed by atoms with E-state index in [-0.39, 0.29) is 11.3 Å². The summed E-state index contributed by atoms with van der Waals surface area (Å²) in [6.45, 7) is 1.76. The van der Waals surface area contributed by atoms with E-state index in [4.69, 9.17) is 0 Å². The molecule has 1 N–H and O–H groups in total. The van der Waals surface area contributed by atoms with Gasteiger partial charge < -0.3 is 10.2 Å². The van der Waals surface area contributed by atoms with Crippen LogP contribution in [-0.4, -0.2) is 35.8 Å². The highest BCUT2D eigenvalue weighted by molar-refractivity contribution is 5.80. The second-order valence-corrected chi connectivity index (χ2v) is 9.27. The molecule has 3 aliphatic carbocycles. The second kappa shape index (κ2) is 6.65. The van der Waals surface area contributed by atoms with Crippen LogP contribution in [0.3, 0.4) is 0 Å². The van der Waals surface area contributed by atoms with Crippen molar-refractivity contribution in [2.75, 3.05) is 13.1 Å². The molecular formula is C23H30N2O2. The van der Waals surface area contributed by atoms with Crippen molar-refractivity contribution in [1.82, 2.24) is 10.2 Å². The van der Waals surface area contributed by atoms with Crippen molar-refractivity contribution in [3.63, 3.8) is 0 Å². The molecule has 4 nitrogen and oxygen atoms in total. The van der Waals surface area contributed by atoms with Gasteiger partial charge in [-0.1, -0.05) is 30.7 Å². The minimum absolute atomic E-state index is 0.164. The number of amides is 2. The highest BCUT2D eigenvalue weighted by atomic mass is 16.2. The molecule has 1 aromatic carbocycles. The Balaban J connectivity index is 1.29. The van der Waals surface area contributed by atoms with Crippen LogP contribution in [0, 0.1) is 5.92 Å². The van der Waals surface area contributed by atoms with E-state index in [1.807, 2.05) is 0 Å². The molecule has 3 fully saturated rings. The Labute approximate surface area is 161 Å². The second-order valence-electron chi connectivity index (χ2n) is 9.27. The number of piperidine rings is 1. The topological polar surface area (TPSA) is 49.4 Å². The molecule has 2 amide bonds. The van der Waals surface area contributed by atoms with Gasteiger partial charge in [-0.2, -0.15) is 0 Å². The maximum absolute atomic E-state index is 12.6. The van der Waals surface area contributed by atoms with Gasteiger partial charge in [0.05, 0.1) is 0 Å². The Morgan fingerprint density at radius 2 is 1.81 bits per heavy atom. The first kappa shape index (κ1) is 17.3. The lowest BCUT2D eigenvalue weighted by Gasteiger charge is -2.42. The first-order chi connectivity index (χ1) is 13.1. The fraction of sp³-hybridized carbons (Fsp3) is 0.652. The summed E-state index contributed by atoms with van der Waals surface area (Å²) in [5.74, 6) is 1.23. The average molecular weight is 367 g/mol. The SMILES string of the molecule is O=C(CC1CC2(CCN(C(=O)C3CCC3)CC2)c2ccccc21)NC1CC1. The van der Waals surface area contributed by atoms with Crippen LogP contribution in [0.15, 0.2) is 24.3 Å². The zero-order valence-electron chi connectivity index (χ0n) is 16.1. The van der Waals surface area contributed by atoms with Crippen molar-refractivity contribution in [3.8, 4) is 0 Å². The van der Waals surface area contributed by atoms with Crippen LogP contribution in [0.5, 0.6) is 0 Å². The van der Waals surface area contributed by atoms with Crippen molar-refractivity contribution in [3.05, 3.63) is 35.4 Å². The van der Waals surface area contributed by atoms with Crippen molar-refractivity contribution < 1.29 is 9.59 Å². The standard InChI is InChI=1S/C23H30N2O2/c26-21(24-18-8-9-18)14-17-15-23(20-7-2-1-6-19(17)20)10-12-25(13-11-23)22(27)16-4-3-5-16/h1-2,6-7,16-18H,3-5,8-15H2,(H,24,26).